The number of ether oxygens (including phenoxy) is 1. The number of methoxy groups -OCH3 is 1. The first-order valence-corrected chi connectivity index (χ1v) is 13.3. The third-order valence-corrected chi connectivity index (χ3v) is 8.55. The second kappa shape index (κ2) is 8.81. The van der Waals surface area contributed by atoms with Crippen molar-refractivity contribution in [3.8, 4) is 0 Å². The lowest BCUT2D eigenvalue weighted by molar-refractivity contribution is -0.118. The first-order valence-electron chi connectivity index (χ1n) is 11.8. The summed E-state index contributed by atoms with van der Waals surface area (Å²) in [6.45, 7) is 0.984. The first-order chi connectivity index (χ1) is 16.3. The highest BCUT2D eigenvalue weighted by molar-refractivity contribution is 7.90. The average molecular weight is 487 g/mol. The van der Waals surface area contributed by atoms with Crippen molar-refractivity contribution < 1.29 is 22.7 Å². The molecule has 1 atom stereocenters. The zero-order chi connectivity index (χ0) is 24.0. The van der Waals surface area contributed by atoms with Crippen LogP contribution in [0.5, 0.6) is 0 Å². The van der Waals surface area contributed by atoms with Crippen molar-refractivity contribution >= 4 is 21.8 Å². The van der Waals surface area contributed by atoms with Crippen molar-refractivity contribution in [1.29, 1.82) is 0 Å². The number of aryl methyl sites for hydroxylation is 3. The van der Waals surface area contributed by atoms with Crippen LogP contribution in [0.25, 0.3) is 0 Å². The fraction of sp³-hybridized carbons (Fsp3) is 0.542. The number of sulfonamides is 1. The molecule has 2 aliphatic carbocycles. The van der Waals surface area contributed by atoms with Gasteiger partial charge in [-0.1, -0.05) is 6.07 Å². The van der Waals surface area contributed by atoms with Crippen LogP contribution in [0.15, 0.2) is 17.2 Å². The van der Waals surface area contributed by atoms with Gasteiger partial charge in [-0.05, 0) is 72.8 Å². The quantitative estimate of drug-likeness (QED) is 0.659. The number of nitrogens with zero attached hydrogens (tertiary/aromatic N) is 3. The van der Waals surface area contributed by atoms with Crippen LogP contribution in [0, 0.1) is 0 Å². The summed E-state index contributed by atoms with van der Waals surface area (Å²) in [5, 5.41) is 3.69. The first kappa shape index (κ1) is 23.0. The van der Waals surface area contributed by atoms with Crippen molar-refractivity contribution in [1.82, 2.24) is 19.4 Å². The van der Waals surface area contributed by atoms with Gasteiger partial charge in [0.25, 0.3) is 15.9 Å². The molecule has 0 bridgehead atoms. The summed E-state index contributed by atoms with van der Waals surface area (Å²) in [7, 11) is -1.08. The Balaban J connectivity index is 1.33. The van der Waals surface area contributed by atoms with E-state index in [4.69, 9.17) is 4.74 Å². The molecule has 1 saturated heterocycles. The Kier molecular flexibility index (Phi) is 5.97. The minimum Gasteiger partial charge on any atom is -0.380 e. The standard InChI is InChI=1S/C24H30N4O5S/c1-27-21(24(30)28-10-9-17(14-28)33-2)13-23(25-27)34(31,32)26-22(29)12-20-18-7-3-5-15(18)11-16-6-4-8-19(16)20/h11,13,17H,3-10,12,14H2,1-2H3,(H,26,29). The summed E-state index contributed by atoms with van der Waals surface area (Å²) in [6.07, 6.45) is 6.78. The largest absolute Gasteiger partial charge is 0.380 e. The lowest BCUT2D eigenvalue weighted by atomic mass is 9.92. The average Bonchev–Trinajstić information content (AvgIpc) is 3.58. The molecule has 0 saturated carbocycles. The number of carbonyl (C=O) groups is 2. The van der Waals surface area contributed by atoms with Gasteiger partial charge in [-0.3, -0.25) is 14.3 Å². The number of nitrogens with one attached hydrogen (secondary N) is 1. The highest BCUT2D eigenvalue weighted by Gasteiger charge is 2.31. The maximum atomic E-state index is 13.0. The van der Waals surface area contributed by atoms with Crippen LogP contribution in [0.2, 0.25) is 0 Å². The Hall–Kier alpha value is -2.72. The second-order valence-electron chi connectivity index (χ2n) is 9.43. The lowest BCUT2D eigenvalue weighted by Gasteiger charge is -2.15. The van der Waals surface area contributed by atoms with Crippen LogP contribution in [-0.4, -0.2) is 61.2 Å². The monoisotopic (exact) mass is 486 g/mol. The van der Waals surface area contributed by atoms with Gasteiger partial charge in [0.1, 0.15) is 5.69 Å². The second-order valence-corrected chi connectivity index (χ2v) is 11.1. The number of fused-ring (bicyclic) bond motifs is 2. The molecular weight excluding hydrogens is 456 g/mol. The van der Waals surface area contributed by atoms with Gasteiger partial charge in [0.05, 0.1) is 12.5 Å². The minimum absolute atomic E-state index is 0.0273. The van der Waals surface area contributed by atoms with E-state index in [2.05, 4.69) is 15.9 Å². The van der Waals surface area contributed by atoms with Gasteiger partial charge in [0.15, 0.2) is 5.03 Å². The van der Waals surface area contributed by atoms with Crippen LogP contribution in [0.1, 0.15) is 57.6 Å². The van der Waals surface area contributed by atoms with E-state index < -0.39 is 15.9 Å². The number of benzene rings is 1. The predicted octanol–water partition coefficient (Wildman–Crippen LogP) is 1.31. The molecule has 2 aromatic rings. The molecule has 10 heteroatoms. The number of likely N-dealkylation sites (tertiary alicyclic amines) is 1. The molecule has 3 aliphatic rings. The van der Waals surface area contributed by atoms with E-state index in [0.29, 0.717) is 13.1 Å². The number of carbonyl (C=O) groups excluding carboxylic acids is 2. The van der Waals surface area contributed by atoms with E-state index >= 15 is 0 Å². The fourth-order valence-electron chi connectivity index (χ4n) is 5.59. The van der Waals surface area contributed by atoms with Crippen molar-refractivity contribution in [2.45, 2.75) is 62.5 Å². The highest BCUT2D eigenvalue weighted by atomic mass is 32.2. The van der Waals surface area contributed by atoms with Gasteiger partial charge in [-0.25, -0.2) is 4.72 Å². The van der Waals surface area contributed by atoms with Crippen molar-refractivity contribution in [3.05, 3.63) is 45.6 Å². The summed E-state index contributed by atoms with van der Waals surface area (Å²) < 4.78 is 34.6. The third kappa shape index (κ3) is 4.13. The van der Waals surface area contributed by atoms with E-state index in [0.717, 1.165) is 50.5 Å². The normalized spacial score (nSPS) is 19.4. The van der Waals surface area contributed by atoms with Crippen molar-refractivity contribution in [2.75, 3.05) is 20.2 Å². The molecule has 182 valence electrons. The molecule has 1 fully saturated rings. The third-order valence-electron chi connectivity index (χ3n) is 7.30. The molecule has 1 aromatic heterocycles. The maximum Gasteiger partial charge on any atom is 0.283 e. The number of rotatable bonds is 6. The van der Waals surface area contributed by atoms with Crippen LogP contribution in [0.3, 0.4) is 0 Å². The smallest absolute Gasteiger partial charge is 0.283 e. The Labute approximate surface area is 199 Å². The Morgan fingerprint density at radius 1 is 1.12 bits per heavy atom. The van der Waals surface area contributed by atoms with Crippen LogP contribution in [0.4, 0.5) is 0 Å². The van der Waals surface area contributed by atoms with Crippen molar-refractivity contribution in [2.24, 2.45) is 7.05 Å². The molecular formula is C24H30N4O5S. The van der Waals surface area contributed by atoms with Gasteiger partial charge in [-0.2, -0.15) is 13.5 Å². The Morgan fingerprint density at radius 2 is 1.79 bits per heavy atom. The topological polar surface area (TPSA) is 111 Å². The molecule has 34 heavy (non-hydrogen) atoms. The SMILES string of the molecule is COC1CCN(C(=O)c2cc(S(=O)(=O)NC(=O)Cc3c4c(cc5c3CCC5)CCC4)nn2C)C1. The predicted molar refractivity (Wildman–Crippen MR) is 124 cm³/mol. The summed E-state index contributed by atoms with van der Waals surface area (Å²) in [5.41, 5.74) is 6.21. The van der Waals surface area contributed by atoms with Crippen LogP contribution < -0.4 is 4.72 Å². The molecule has 1 aliphatic heterocycles. The molecule has 0 spiro atoms. The molecule has 2 heterocycles. The Bertz CT molecular complexity index is 1230. The molecule has 1 unspecified atom stereocenters. The summed E-state index contributed by atoms with van der Waals surface area (Å²) in [6, 6.07) is 3.51. The van der Waals surface area contributed by atoms with Crippen LogP contribution in [-0.2, 0) is 58.7 Å². The molecule has 1 aromatic carbocycles. The lowest BCUT2D eigenvalue weighted by Crippen LogP contribution is -2.32. The fourth-order valence-corrected chi connectivity index (χ4v) is 6.56. The minimum atomic E-state index is -4.21. The molecule has 9 nitrogen and oxygen atoms in total. The molecule has 5 rings (SSSR count). The van der Waals surface area contributed by atoms with Gasteiger partial charge in [0.2, 0.25) is 5.91 Å². The van der Waals surface area contributed by atoms with E-state index in [1.807, 2.05) is 0 Å². The van der Waals surface area contributed by atoms with Gasteiger partial charge in [0, 0.05) is 33.3 Å². The number of aromatic nitrogens is 2. The summed E-state index contributed by atoms with van der Waals surface area (Å²) in [4.78, 5) is 27.4. The van der Waals surface area contributed by atoms with Crippen molar-refractivity contribution in [3.63, 3.8) is 0 Å². The van der Waals surface area contributed by atoms with Gasteiger partial charge < -0.3 is 9.64 Å². The molecule has 1 N–H and O–H groups in total. The van der Waals surface area contributed by atoms with E-state index in [1.54, 1.807) is 12.0 Å². The summed E-state index contributed by atoms with van der Waals surface area (Å²) >= 11 is 0. The number of amides is 2. The Morgan fingerprint density at radius 3 is 2.41 bits per heavy atom. The van der Waals surface area contributed by atoms with E-state index in [9.17, 15) is 18.0 Å². The van der Waals surface area contributed by atoms with Gasteiger partial charge in [-0.15, -0.1) is 0 Å². The van der Waals surface area contributed by atoms with E-state index in [-0.39, 0.29) is 29.2 Å². The molecule has 0 radical (unpaired) electrons. The summed E-state index contributed by atoms with van der Waals surface area (Å²) in [5.74, 6) is -0.881. The molecule has 2 amide bonds. The van der Waals surface area contributed by atoms with E-state index in [1.165, 1.54) is 40.0 Å². The van der Waals surface area contributed by atoms with Gasteiger partial charge >= 0.3 is 0 Å². The number of hydrogen-bond donors (Lipinski definition) is 1. The highest BCUT2D eigenvalue weighted by Crippen LogP contribution is 2.35. The maximum absolute atomic E-state index is 13.0. The number of hydrogen-bond acceptors (Lipinski definition) is 6. The zero-order valence-corrected chi connectivity index (χ0v) is 20.4. The zero-order valence-electron chi connectivity index (χ0n) is 19.6. The van der Waals surface area contributed by atoms with Crippen LogP contribution >= 0.6 is 0 Å².